The standard InChI is InChI=1S/C11H12N2O2S2/c1-7-5-8(15-10(7)11(14)13-12)6-17-9-3-2-4-16-9/h2-5H,6,12H2,1H3,(H,13,14). The minimum absolute atomic E-state index is 0.286. The molecule has 0 saturated carbocycles. The Kier molecular flexibility index (Phi) is 3.88. The van der Waals surface area contributed by atoms with Crippen molar-refractivity contribution in [3.8, 4) is 0 Å². The highest BCUT2D eigenvalue weighted by Crippen LogP contribution is 2.28. The molecule has 0 aliphatic carbocycles. The maximum absolute atomic E-state index is 11.3. The van der Waals surface area contributed by atoms with Gasteiger partial charge in [0.15, 0.2) is 5.76 Å². The molecule has 4 nitrogen and oxygen atoms in total. The Balaban J connectivity index is 2.05. The lowest BCUT2D eigenvalue weighted by molar-refractivity contribution is 0.0923. The summed E-state index contributed by atoms with van der Waals surface area (Å²) in [6.45, 7) is 1.83. The zero-order chi connectivity index (χ0) is 12.3. The first kappa shape index (κ1) is 12.2. The first-order valence-electron chi connectivity index (χ1n) is 4.97. The van der Waals surface area contributed by atoms with E-state index in [1.54, 1.807) is 23.1 Å². The van der Waals surface area contributed by atoms with Gasteiger partial charge in [0, 0.05) is 5.56 Å². The van der Waals surface area contributed by atoms with Crippen LogP contribution in [0.2, 0.25) is 0 Å². The molecular formula is C11H12N2O2S2. The van der Waals surface area contributed by atoms with E-state index in [-0.39, 0.29) is 5.76 Å². The highest BCUT2D eigenvalue weighted by molar-refractivity contribution is 8.00. The van der Waals surface area contributed by atoms with Crippen molar-refractivity contribution < 1.29 is 9.21 Å². The van der Waals surface area contributed by atoms with E-state index in [9.17, 15) is 4.79 Å². The van der Waals surface area contributed by atoms with Gasteiger partial charge in [-0.3, -0.25) is 10.2 Å². The number of carbonyl (C=O) groups is 1. The van der Waals surface area contributed by atoms with Gasteiger partial charge in [-0.25, -0.2) is 5.84 Å². The van der Waals surface area contributed by atoms with E-state index in [0.717, 1.165) is 11.3 Å². The van der Waals surface area contributed by atoms with Gasteiger partial charge in [-0.1, -0.05) is 6.07 Å². The number of hydrogen-bond acceptors (Lipinski definition) is 5. The average molecular weight is 268 g/mol. The third-order valence-electron chi connectivity index (χ3n) is 2.16. The molecule has 2 aromatic heterocycles. The number of aryl methyl sites for hydroxylation is 1. The molecule has 0 aliphatic rings. The van der Waals surface area contributed by atoms with Crippen LogP contribution < -0.4 is 11.3 Å². The maximum atomic E-state index is 11.3. The number of hydrazine groups is 1. The molecule has 1 amide bonds. The van der Waals surface area contributed by atoms with Crippen LogP contribution in [0.4, 0.5) is 0 Å². The topological polar surface area (TPSA) is 68.3 Å². The van der Waals surface area contributed by atoms with E-state index in [1.807, 2.05) is 24.4 Å². The Labute approximate surface area is 107 Å². The van der Waals surface area contributed by atoms with Crippen LogP contribution >= 0.6 is 23.1 Å². The van der Waals surface area contributed by atoms with Crippen molar-refractivity contribution in [2.45, 2.75) is 16.9 Å². The van der Waals surface area contributed by atoms with E-state index in [2.05, 4.69) is 11.5 Å². The van der Waals surface area contributed by atoms with Gasteiger partial charge in [0.1, 0.15) is 5.76 Å². The molecular weight excluding hydrogens is 256 g/mol. The molecule has 2 aromatic rings. The van der Waals surface area contributed by atoms with Crippen molar-refractivity contribution in [1.82, 2.24) is 5.43 Å². The van der Waals surface area contributed by atoms with Crippen LogP contribution in [-0.2, 0) is 5.75 Å². The summed E-state index contributed by atoms with van der Waals surface area (Å²) in [5, 5.41) is 2.03. The quantitative estimate of drug-likeness (QED) is 0.387. The van der Waals surface area contributed by atoms with E-state index in [0.29, 0.717) is 5.75 Å². The largest absolute Gasteiger partial charge is 0.455 e. The van der Waals surface area contributed by atoms with Crippen molar-refractivity contribution in [1.29, 1.82) is 0 Å². The number of nitrogen functional groups attached to an aromatic ring is 1. The summed E-state index contributed by atoms with van der Waals surface area (Å²) < 4.78 is 6.68. The summed E-state index contributed by atoms with van der Waals surface area (Å²) in [7, 11) is 0. The van der Waals surface area contributed by atoms with E-state index >= 15 is 0 Å². The molecule has 0 unspecified atom stereocenters. The van der Waals surface area contributed by atoms with Gasteiger partial charge in [0.25, 0.3) is 0 Å². The fourth-order valence-electron chi connectivity index (χ4n) is 1.40. The van der Waals surface area contributed by atoms with Crippen LogP contribution in [0.25, 0.3) is 0 Å². The maximum Gasteiger partial charge on any atom is 0.301 e. The number of thioether (sulfide) groups is 1. The molecule has 2 rings (SSSR count). The molecule has 0 atom stereocenters. The van der Waals surface area contributed by atoms with Gasteiger partial charge < -0.3 is 4.42 Å². The average Bonchev–Trinajstić information content (AvgIpc) is 2.94. The van der Waals surface area contributed by atoms with Crippen LogP contribution in [0.5, 0.6) is 0 Å². The normalized spacial score (nSPS) is 10.5. The number of nitrogens with one attached hydrogen (secondary N) is 1. The van der Waals surface area contributed by atoms with Gasteiger partial charge in [-0.2, -0.15) is 0 Å². The molecule has 0 aromatic carbocycles. The molecule has 0 saturated heterocycles. The molecule has 0 bridgehead atoms. The summed E-state index contributed by atoms with van der Waals surface area (Å²) in [5.74, 6) is 6.45. The van der Waals surface area contributed by atoms with Gasteiger partial charge in [0.05, 0.1) is 9.96 Å². The molecule has 2 heterocycles. The lowest BCUT2D eigenvalue weighted by Crippen LogP contribution is -2.30. The van der Waals surface area contributed by atoms with Crippen molar-refractivity contribution in [2.75, 3.05) is 0 Å². The predicted octanol–water partition coefficient (Wildman–Crippen LogP) is 2.55. The molecule has 0 spiro atoms. The minimum atomic E-state index is -0.394. The number of nitrogens with two attached hydrogens (primary N) is 1. The Morgan fingerprint density at radius 1 is 1.65 bits per heavy atom. The smallest absolute Gasteiger partial charge is 0.301 e. The van der Waals surface area contributed by atoms with Crippen molar-refractivity contribution in [3.63, 3.8) is 0 Å². The monoisotopic (exact) mass is 268 g/mol. The Morgan fingerprint density at radius 2 is 2.47 bits per heavy atom. The summed E-state index contributed by atoms with van der Waals surface area (Å²) in [6, 6.07) is 5.93. The van der Waals surface area contributed by atoms with Gasteiger partial charge >= 0.3 is 5.91 Å². The zero-order valence-corrected chi connectivity index (χ0v) is 10.9. The summed E-state index contributed by atoms with van der Waals surface area (Å²) in [5.41, 5.74) is 2.87. The van der Waals surface area contributed by atoms with Crippen molar-refractivity contribution in [2.24, 2.45) is 5.84 Å². The van der Waals surface area contributed by atoms with Crippen LogP contribution in [0.3, 0.4) is 0 Å². The molecule has 3 N–H and O–H groups in total. The van der Waals surface area contributed by atoms with Crippen molar-refractivity contribution in [3.05, 3.63) is 40.7 Å². The first-order chi connectivity index (χ1) is 8.20. The Hall–Kier alpha value is -1.24. The molecule has 6 heteroatoms. The lowest BCUT2D eigenvalue weighted by atomic mass is 10.2. The summed E-state index contributed by atoms with van der Waals surface area (Å²) in [4.78, 5) is 11.3. The first-order valence-corrected chi connectivity index (χ1v) is 6.84. The van der Waals surface area contributed by atoms with Gasteiger partial charge in [0.2, 0.25) is 0 Å². The van der Waals surface area contributed by atoms with E-state index < -0.39 is 5.91 Å². The van der Waals surface area contributed by atoms with Crippen LogP contribution in [0.15, 0.2) is 32.2 Å². The summed E-state index contributed by atoms with van der Waals surface area (Å²) >= 11 is 3.37. The highest BCUT2D eigenvalue weighted by atomic mass is 32.2. The molecule has 0 radical (unpaired) electrons. The second kappa shape index (κ2) is 5.39. The SMILES string of the molecule is Cc1cc(CSc2cccs2)oc1C(=O)NN. The van der Waals surface area contributed by atoms with Crippen LogP contribution in [0, 0.1) is 6.92 Å². The Morgan fingerprint density at radius 3 is 3.12 bits per heavy atom. The second-order valence-electron chi connectivity index (χ2n) is 3.42. The molecule has 90 valence electrons. The Bertz CT molecular complexity index is 506. The fraction of sp³-hybridized carbons (Fsp3) is 0.182. The highest BCUT2D eigenvalue weighted by Gasteiger charge is 2.14. The lowest BCUT2D eigenvalue weighted by Gasteiger charge is -1.96. The molecule has 0 fully saturated rings. The second-order valence-corrected chi connectivity index (χ2v) is 5.64. The minimum Gasteiger partial charge on any atom is -0.455 e. The molecule has 17 heavy (non-hydrogen) atoms. The van der Waals surface area contributed by atoms with E-state index in [1.165, 1.54) is 4.21 Å². The number of rotatable bonds is 4. The van der Waals surface area contributed by atoms with Crippen molar-refractivity contribution >= 4 is 29.0 Å². The number of furan rings is 1. The van der Waals surface area contributed by atoms with Gasteiger partial charge in [-0.15, -0.1) is 23.1 Å². The number of thiophene rings is 1. The van der Waals surface area contributed by atoms with Crippen LogP contribution in [0.1, 0.15) is 21.9 Å². The van der Waals surface area contributed by atoms with Crippen LogP contribution in [-0.4, -0.2) is 5.91 Å². The molecule has 0 aliphatic heterocycles. The number of carbonyl (C=O) groups excluding carboxylic acids is 1. The predicted molar refractivity (Wildman–Crippen MR) is 69.0 cm³/mol. The number of hydrogen-bond donors (Lipinski definition) is 2. The van der Waals surface area contributed by atoms with Gasteiger partial charge in [-0.05, 0) is 24.4 Å². The zero-order valence-electron chi connectivity index (χ0n) is 9.23. The number of amides is 1. The fourth-order valence-corrected chi connectivity index (χ4v) is 3.06. The third-order valence-corrected chi connectivity index (χ3v) is 4.31. The summed E-state index contributed by atoms with van der Waals surface area (Å²) in [6.07, 6.45) is 0. The third kappa shape index (κ3) is 2.91. The van der Waals surface area contributed by atoms with E-state index in [4.69, 9.17) is 10.3 Å².